The summed E-state index contributed by atoms with van der Waals surface area (Å²) in [7, 11) is 0. The van der Waals surface area contributed by atoms with E-state index in [9.17, 15) is 4.79 Å². The normalized spacial score (nSPS) is 7.07. The van der Waals surface area contributed by atoms with Gasteiger partial charge in [0.05, 0.1) is 0 Å². The second-order valence-corrected chi connectivity index (χ2v) is 22.0. The van der Waals surface area contributed by atoms with Crippen molar-refractivity contribution in [3.8, 4) is 0 Å². The fourth-order valence-electron chi connectivity index (χ4n) is 2.22. The number of halogens is 3. The Morgan fingerprint density at radius 2 is 0.837 bits per heavy atom. The number of aryl methyl sites for hydroxylation is 1. The Hall–Kier alpha value is -0.740. The Labute approximate surface area is 303 Å². The molecule has 4 heteroatoms. The van der Waals surface area contributed by atoms with Crippen molar-refractivity contribution in [3.05, 3.63) is 114 Å². The smallest absolute Gasteiger partial charge is 0.150 e. The molecular weight excluding hydrogens is 865 g/mol. The number of aldehydes is 1. The van der Waals surface area contributed by atoms with Crippen molar-refractivity contribution < 1.29 is 18.0 Å². The van der Waals surface area contributed by atoms with Crippen LogP contribution < -0.4 is 13.3 Å². The van der Waals surface area contributed by atoms with Gasteiger partial charge in [-0.25, -0.2) is 0 Å². The zero-order chi connectivity index (χ0) is 33.6. The van der Waals surface area contributed by atoms with E-state index in [1.807, 2.05) is 132 Å². The molecule has 3 aromatic carbocycles. The van der Waals surface area contributed by atoms with Crippen LogP contribution in [-0.4, -0.2) is 6.29 Å². The van der Waals surface area contributed by atoms with Crippen LogP contribution in [0.25, 0.3) is 6.08 Å². The topological polar surface area (TPSA) is 17.1 Å². The molecule has 0 aliphatic carbocycles. The van der Waals surface area contributed by atoms with E-state index in [1.54, 1.807) is 12.1 Å². The van der Waals surface area contributed by atoms with Crippen molar-refractivity contribution in [2.75, 3.05) is 0 Å². The summed E-state index contributed by atoms with van der Waals surface area (Å²) in [4.78, 5) is 10.0. The molecule has 0 fully saturated rings. The van der Waals surface area contributed by atoms with E-state index < -0.39 is 0 Å². The summed E-state index contributed by atoms with van der Waals surface area (Å²) in [6.45, 7) is 28.2. The second-order valence-electron chi connectivity index (χ2n) is 5.73. The quantitative estimate of drug-likeness (QED) is 0.188. The van der Waals surface area contributed by atoms with Crippen LogP contribution in [0.5, 0.6) is 0 Å². The molecule has 0 aliphatic heterocycles. The Morgan fingerprint density at radius 3 is 1.07 bits per heavy atom. The summed E-state index contributed by atoms with van der Waals surface area (Å²) in [6.07, 6.45) is 7.40. The number of hydrogen-bond donors (Lipinski definition) is 0. The third kappa shape index (κ3) is 65.1. The van der Waals surface area contributed by atoms with Crippen molar-refractivity contribution >= 4 is 49.6 Å². The van der Waals surface area contributed by atoms with Gasteiger partial charge in [-0.05, 0) is 24.5 Å². The Morgan fingerprint density at radius 1 is 0.558 bits per heavy atom. The van der Waals surface area contributed by atoms with Gasteiger partial charge in [0.1, 0.15) is 6.29 Å². The van der Waals surface area contributed by atoms with Gasteiger partial charge in [-0.15, -0.1) is 0 Å². The van der Waals surface area contributed by atoms with Crippen molar-refractivity contribution in [2.45, 2.75) is 125 Å². The minimum Gasteiger partial charge on any atom is -0.298 e. The van der Waals surface area contributed by atoms with E-state index in [1.165, 1.54) is 24.0 Å². The molecule has 0 aromatic heterocycles. The average Bonchev–Trinajstić information content (AvgIpc) is 3.09. The molecule has 0 atom stereocenters. The first-order valence-electron chi connectivity index (χ1n) is 15.3. The van der Waals surface area contributed by atoms with Crippen molar-refractivity contribution in [1.29, 1.82) is 0 Å². The molecule has 3 aromatic rings. The minimum atomic E-state index is 0. The summed E-state index contributed by atoms with van der Waals surface area (Å²) in [5.41, 5.74) is 3.44. The van der Waals surface area contributed by atoms with Gasteiger partial charge in [-0.1, -0.05) is 214 Å². The predicted molar refractivity (Wildman–Crippen MR) is 223 cm³/mol. The maximum Gasteiger partial charge on any atom is 0.150 e. The molecule has 256 valence electrons. The van der Waals surface area contributed by atoms with Gasteiger partial charge in [0.15, 0.2) is 0 Å². The van der Waals surface area contributed by atoms with Crippen molar-refractivity contribution in [2.24, 2.45) is 0 Å². The van der Waals surface area contributed by atoms with E-state index in [0.29, 0.717) is 13.3 Å². The third-order valence-electron chi connectivity index (χ3n) is 3.48. The molecule has 0 amide bonds. The molecule has 0 saturated carbocycles. The summed E-state index contributed by atoms with van der Waals surface area (Å²) < 4.78 is 0. The van der Waals surface area contributed by atoms with Crippen LogP contribution in [-0.2, 0) is 6.42 Å². The fourth-order valence-corrected chi connectivity index (χ4v) is 2.22. The maximum absolute atomic E-state index is 10.0. The molecule has 0 N–H and O–H groups in total. The Bertz CT molecular complexity index is 747. The molecule has 0 unspecified atom stereocenters. The van der Waals surface area contributed by atoms with Gasteiger partial charge in [-0.2, -0.15) is 0 Å². The summed E-state index contributed by atoms with van der Waals surface area (Å²) in [5, 5.41) is 0. The van der Waals surface area contributed by atoms with Crippen LogP contribution in [0.1, 0.15) is 140 Å². The molecule has 0 aliphatic rings. The molecule has 1 nitrogen and oxygen atoms in total. The number of rotatable bonds is 4. The maximum atomic E-state index is 10.0. The largest absolute Gasteiger partial charge is 0.298 e. The van der Waals surface area contributed by atoms with E-state index in [-0.39, 0.29) is 14.9 Å². The fraction of sp³-hybridized carbons (Fsp3) is 0.462. The van der Waals surface area contributed by atoms with Crippen molar-refractivity contribution in [1.82, 2.24) is 0 Å². The second kappa shape index (κ2) is 78.1. The molecule has 0 bridgehead atoms. The molecule has 0 saturated heterocycles. The van der Waals surface area contributed by atoms with Crippen LogP contribution >= 0.6 is 37.2 Å². The van der Waals surface area contributed by atoms with E-state index >= 15 is 0 Å². The number of carbonyl (C=O) groups is 1. The van der Waals surface area contributed by atoms with Crippen LogP contribution in [0.3, 0.4) is 0 Å². The van der Waals surface area contributed by atoms with Gasteiger partial charge in [0.2, 0.25) is 0 Å². The van der Waals surface area contributed by atoms with Crippen LogP contribution in [0, 0.1) is 0 Å². The first kappa shape index (κ1) is 65.0. The first-order chi connectivity index (χ1) is 20.2. The SMILES string of the molecule is C.C.C/C=C/c1ccccc1.CC.CC.CC.CC.CC.CC.CCCc1ccccc1.I[I-]I.O=Cc1ccccc1. The van der Waals surface area contributed by atoms with Gasteiger partial charge >= 0.3 is 50.5 Å². The molecule has 43 heavy (non-hydrogen) atoms. The van der Waals surface area contributed by atoms with Gasteiger partial charge in [-0.3, -0.25) is 4.79 Å². The number of hydrogen-bond acceptors (Lipinski definition) is 1. The minimum absolute atomic E-state index is 0. The van der Waals surface area contributed by atoms with Gasteiger partial charge < -0.3 is 0 Å². The molecule has 0 spiro atoms. The average molecular weight is 938 g/mol. The van der Waals surface area contributed by atoms with Crippen LogP contribution in [0.15, 0.2) is 97.1 Å². The Kier molecular flexibility index (Phi) is 118. The summed E-state index contributed by atoms with van der Waals surface area (Å²) >= 11 is 5.30. The van der Waals surface area contributed by atoms with Crippen LogP contribution in [0.4, 0.5) is 0 Å². The standard InChI is InChI=1S/C9H12.C9H10.C7H6O.6C2H6.2CH4.I3/c2*1-2-6-9-7-4-3-5-8-9;8-6-7-4-2-1-3-5-7;6*1-2;;;1-3-2/h3-5,7-8H,2,6H2,1H3;2-8H,1H3;1-6H;6*1-2H3;2*1H4;/q;;;;;;;;;;;-1/b;6-2+;;;;;;;;;;. The zero-order valence-corrected chi connectivity index (χ0v) is 35.3. The van der Waals surface area contributed by atoms with Crippen LogP contribution in [0.2, 0.25) is 0 Å². The third-order valence-corrected chi connectivity index (χ3v) is 3.48. The van der Waals surface area contributed by atoms with Crippen molar-refractivity contribution in [3.63, 3.8) is 0 Å². The summed E-state index contributed by atoms with van der Waals surface area (Å²) in [6, 6.07) is 29.9. The van der Waals surface area contributed by atoms with E-state index in [2.05, 4.69) is 92.7 Å². The molecule has 0 radical (unpaired) electrons. The molecule has 0 heterocycles. The van der Waals surface area contributed by atoms with Gasteiger partial charge in [0, 0.05) is 5.56 Å². The number of allylic oxidation sites excluding steroid dienone is 1. The Balaban J connectivity index is -0.0000000464. The van der Waals surface area contributed by atoms with E-state index in [4.69, 9.17) is 0 Å². The molecule has 3 rings (SSSR count). The first-order valence-corrected chi connectivity index (χ1v) is 27.9. The number of benzene rings is 3. The molecular formula is C39H72I3O-. The summed E-state index contributed by atoms with van der Waals surface area (Å²) in [5.74, 6) is 0. The predicted octanol–water partition coefficient (Wildman–Crippen LogP) is 13.1. The monoisotopic (exact) mass is 937 g/mol. The van der Waals surface area contributed by atoms with E-state index in [0.717, 1.165) is 11.8 Å². The number of carbonyl (C=O) groups excluding carboxylic acids is 1. The van der Waals surface area contributed by atoms with Gasteiger partial charge in [0.25, 0.3) is 0 Å². The zero-order valence-electron chi connectivity index (χ0n) is 28.8.